The molecule has 1 aliphatic heterocycles. The minimum absolute atomic E-state index is 0.457. The molecule has 1 saturated carbocycles. The van der Waals surface area contributed by atoms with Crippen LogP contribution in [0.15, 0.2) is 0 Å². The van der Waals surface area contributed by atoms with Crippen molar-refractivity contribution in [1.82, 2.24) is 4.90 Å². The fourth-order valence-electron chi connectivity index (χ4n) is 2.86. The lowest BCUT2D eigenvalue weighted by molar-refractivity contribution is 0.0730. The van der Waals surface area contributed by atoms with E-state index in [1.807, 2.05) is 0 Å². The molecule has 1 heterocycles. The normalized spacial score (nSPS) is 34.2. The van der Waals surface area contributed by atoms with Gasteiger partial charge in [-0.25, -0.2) is 0 Å². The Morgan fingerprint density at radius 2 is 1.85 bits per heavy atom. The van der Waals surface area contributed by atoms with Crippen LogP contribution in [-0.4, -0.2) is 30.6 Å². The van der Waals surface area contributed by atoms with Crippen molar-refractivity contribution < 1.29 is 0 Å². The number of nitrogens with two attached hydrogens (primary N) is 1. The van der Waals surface area contributed by atoms with Crippen LogP contribution < -0.4 is 5.73 Å². The Kier molecular flexibility index (Phi) is 2.89. The third kappa shape index (κ3) is 1.89. The number of likely N-dealkylation sites (tertiary alicyclic amines) is 1. The van der Waals surface area contributed by atoms with E-state index >= 15 is 0 Å². The maximum Gasteiger partial charge on any atom is 0.0259 e. The molecule has 0 radical (unpaired) electrons. The predicted molar refractivity (Wildman–Crippen MR) is 55.6 cm³/mol. The molecule has 2 heteroatoms. The molecular weight excluding hydrogens is 160 g/mol. The molecule has 0 aromatic rings. The number of nitrogens with zero attached hydrogens (tertiary/aromatic N) is 1. The van der Waals surface area contributed by atoms with Gasteiger partial charge in [-0.05, 0) is 38.8 Å². The van der Waals surface area contributed by atoms with Crippen molar-refractivity contribution in [3.63, 3.8) is 0 Å². The fraction of sp³-hybridized carbons (Fsp3) is 1.00. The largest absolute Gasteiger partial charge is 0.326 e. The van der Waals surface area contributed by atoms with Crippen LogP contribution in [0.4, 0.5) is 0 Å². The van der Waals surface area contributed by atoms with Crippen LogP contribution in [0.2, 0.25) is 0 Å². The lowest BCUT2D eigenvalue weighted by Gasteiger charge is -2.45. The third-order valence-electron chi connectivity index (χ3n) is 3.98. The van der Waals surface area contributed by atoms with Gasteiger partial charge < -0.3 is 10.6 Å². The van der Waals surface area contributed by atoms with Gasteiger partial charge in [-0.3, -0.25) is 0 Å². The highest BCUT2D eigenvalue weighted by atomic mass is 15.2. The molecular formula is C11H22N2. The molecule has 0 bridgehead atoms. The Morgan fingerprint density at radius 1 is 1.15 bits per heavy atom. The fourth-order valence-corrected chi connectivity index (χ4v) is 2.86. The standard InChI is InChI=1S/C11H22N2/c1-13-8-7-10(13)11(12)9-5-3-2-4-6-9/h9-11H,2-8,12H2,1H3. The Morgan fingerprint density at radius 3 is 2.31 bits per heavy atom. The third-order valence-corrected chi connectivity index (χ3v) is 3.98. The van der Waals surface area contributed by atoms with Gasteiger partial charge in [0.1, 0.15) is 0 Å². The summed E-state index contributed by atoms with van der Waals surface area (Å²) in [6.45, 7) is 1.26. The zero-order chi connectivity index (χ0) is 9.26. The Balaban J connectivity index is 1.84. The van der Waals surface area contributed by atoms with E-state index in [4.69, 9.17) is 5.73 Å². The van der Waals surface area contributed by atoms with Gasteiger partial charge in [-0.15, -0.1) is 0 Å². The van der Waals surface area contributed by atoms with Crippen LogP contribution in [0.3, 0.4) is 0 Å². The highest BCUT2D eigenvalue weighted by Crippen LogP contribution is 2.30. The first kappa shape index (κ1) is 9.47. The molecule has 1 aliphatic carbocycles. The van der Waals surface area contributed by atoms with Crippen molar-refractivity contribution in [3.8, 4) is 0 Å². The van der Waals surface area contributed by atoms with Gasteiger partial charge in [0.05, 0.1) is 0 Å². The number of hydrogen-bond acceptors (Lipinski definition) is 2. The van der Waals surface area contributed by atoms with E-state index in [9.17, 15) is 0 Å². The minimum atomic E-state index is 0.457. The van der Waals surface area contributed by atoms with Crippen molar-refractivity contribution in [2.75, 3.05) is 13.6 Å². The van der Waals surface area contributed by atoms with Gasteiger partial charge in [0, 0.05) is 12.1 Å². The molecule has 0 aromatic carbocycles. The van der Waals surface area contributed by atoms with E-state index in [2.05, 4.69) is 11.9 Å². The van der Waals surface area contributed by atoms with Crippen molar-refractivity contribution in [2.45, 2.75) is 50.6 Å². The van der Waals surface area contributed by atoms with Gasteiger partial charge in [-0.2, -0.15) is 0 Å². The van der Waals surface area contributed by atoms with Gasteiger partial charge in [0.25, 0.3) is 0 Å². The maximum absolute atomic E-state index is 6.30. The molecule has 2 rings (SSSR count). The second kappa shape index (κ2) is 3.97. The van der Waals surface area contributed by atoms with Crippen LogP contribution in [0.25, 0.3) is 0 Å². The van der Waals surface area contributed by atoms with Gasteiger partial charge in [0.15, 0.2) is 0 Å². The summed E-state index contributed by atoms with van der Waals surface area (Å²) in [5, 5.41) is 0. The molecule has 0 aromatic heterocycles. The van der Waals surface area contributed by atoms with Crippen molar-refractivity contribution in [2.24, 2.45) is 11.7 Å². The molecule has 2 atom stereocenters. The Labute approximate surface area is 81.5 Å². The lowest BCUT2D eigenvalue weighted by Crippen LogP contribution is -2.57. The zero-order valence-electron chi connectivity index (χ0n) is 8.71. The molecule has 2 fully saturated rings. The number of hydrogen-bond donors (Lipinski definition) is 1. The average Bonchev–Trinajstić information content (AvgIpc) is 2.17. The van der Waals surface area contributed by atoms with Crippen LogP contribution in [0.1, 0.15) is 38.5 Å². The quantitative estimate of drug-likeness (QED) is 0.703. The van der Waals surface area contributed by atoms with E-state index in [1.54, 1.807) is 0 Å². The topological polar surface area (TPSA) is 29.3 Å². The zero-order valence-corrected chi connectivity index (χ0v) is 8.71. The van der Waals surface area contributed by atoms with E-state index in [1.165, 1.54) is 45.1 Å². The number of likely N-dealkylation sites (N-methyl/N-ethyl adjacent to an activating group) is 1. The summed E-state index contributed by atoms with van der Waals surface area (Å²) in [7, 11) is 2.21. The lowest BCUT2D eigenvalue weighted by atomic mass is 9.78. The van der Waals surface area contributed by atoms with Crippen LogP contribution in [0.5, 0.6) is 0 Å². The van der Waals surface area contributed by atoms with Crippen molar-refractivity contribution in [1.29, 1.82) is 0 Å². The summed E-state index contributed by atoms with van der Waals surface area (Å²) in [5.41, 5.74) is 6.30. The smallest absolute Gasteiger partial charge is 0.0259 e. The molecule has 0 amide bonds. The minimum Gasteiger partial charge on any atom is -0.326 e. The summed E-state index contributed by atoms with van der Waals surface area (Å²) < 4.78 is 0. The first-order valence-electron chi connectivity index (χ1n) is 5.75. The first-order valence-corrected chi connectivity index (χ1v) is 5.75. The predicted octanol–water partition coefficient (Wildman–Crippen LogP) is 1.60. The Bertz CT molecular complexity index is 163. The monoisotopic (exact) mass is 182 g/mol. The van der Waals surface area contributed by atoms with Crippen LogP contribution in [-0.2, 0) is 0 Å². The van der Waals surface area contributed by atoms with Gasteiger partial charge in [-0.1, -0.05) is 19.3 Å². The summed E-state index contributed by atoms with van der Waals surface area (Å²) in [5.74, 6) is 0.821. The molecule has 2 N–H and O–H groups in total. The van der Waals surface area contributed by atoms with Gasteiger partial charge in [0.2, 0.25) is 0 Å². The first-order chi connectivity index (χ1) is 6.29. The summed E-state index contributed by atoms with van der Waals surface area (Å²) in [6, 6.07) is 1.15. The average molecular weight is 182 g/mol. The summed E-state index contributed by atoms with van der Waals surface area (Å²) >= 11 is 0. The van der Waals surface area contributed by atoms with Crippen molar-refractivity contribution >= 4 is 0 Å². The van der Waals surface area contributed by atoms with Crippen LogP contribution in [0, 0.1) is 5.92 Å². The summed E-state index contributed by atoms with van der Waals surface area (Å²) in [6.07, 6.45) is 8.35. The molecule has 2 unspecified atom stereocenters. The molecule has 1 saturated heterocycles. The molecule has 76 valence electrons. The molecule has 13 heavy (non-hydrogen) atoms. The van der Waals surface area contributed by atoms with E-state index in [0.29, 0.717) is 12.1 Å². The van der Waals surface area contributed by atoms with Crippen molar-refractivity contribution in [3.05, 3.63) is 0 Å². The van der Waals surface area contributed by atoms with Gasteiger partial charge >= 0.3 is 0 Å². The molecule has 0 spiro atoms. The van der Waals surface area contributed by atoms with E-state index in [0.717, 1.165) is 5.92 Å². The summed E-state index contributed by atoms with van der Waals surface area (Å²) in [4.78, 5) is 2.42. The highest BCUT2D eigenvalue weighted by Gasteiger charge is 2.34. The maximum atomic E-state index is 6.30. The number of rotatable bonds is 2. The van der Waals surface area contributed by atoms with Crippen LogP contribution >= 0.6 is 0 Å². The SMILES string of the molecule is CN1CCC1C(N)C1CCCCC1. The Hall–Kier alpha value is -0.0800. The highest BCUT2D eigenvalue weighted by molar-refractivity contribution is 4.93. The molecule has 2 nitrogen and oxygen atoms in total. The second-order valence-electron chi connectivity index (χ2n) is 4.81. The van der Waals surface area contributed by atoms with E-state index in [-0.39, 0.29) is 0 Å². The second-order valence-corrected chi connectivity index (χ2v) is 4.81. The molecule has 2 aliphatic rings. The van der Waals surface area contributed by atoms with E-state index < -0.39 is 0 Å².